The molecule has 1 aromatic heterocycles. The van der Waals surface area contributed by atoms with Crippen LogP contribution in [0, 0.1) is 0 Å². The van der Waals surface area contributed by atoms with Crippen molar-refractivity contribution in [2.24, 2.45) is 0 Å². The van der Waals surface area contributed by atoms with Crippen LogP contribution in [0.25, 0.3) is 0 Å². The Morgan fingerprint density at radius 3 is 2.29 bits per heavy atom. The van der Waals surface area contributed by atoms with Crippen molar-refractivity contribution < 1.29 is 28.6 Å². The number of anilines is 1. The van der Waals surface area contributed by atoms with Gasteiger partial charge < -0.3 is 14.2 Å². The Labute approximate surface area is 219 Å². The molecule has 1 heterocycles. The number of hydrogen-bond donors (Lipinski definition) is 1. The Kier molecular flexibility index (Phi) is 8.45. The smallest absolute Gasteiger partial charge is 0.411 e. The molecule has 3 aromatic carbocycles. The molecule has 10 heteroatoms. The first kappa shape index (κ1) is 26.1. The maximum atomic E-state index is 13.6. The van der Waals surface area contributed by atoms with Crippen LogP contribution in [0.4, 0.5) is 10.5 Å². The van der Waals surface area contributed by atoms with Gasteiger partial charge in [-0.3, -0.25) is 10.1 Å². The fourth-order valence-electron chi connectivity index (χ4n) is 3.67. The molecule has 0 aliphatic rings. The van der Waals surface area contributed by atoms with E-state index in [0.717, 1.165) is 11.1 Å². The zero-order valence-electron chi connectivity index (χ0n) is 20.9. The van der Waals surface area contributed by atoms with Gasteiger partial charge in [0.25, 0.3) is 0 Å². The average Bonchev–Trinajstić information content (AvgIpc) is 3.36. The number of rotatable bonds is 10. The summed E-state index contributed by atoms with van der Waals surface area (Å²) in [5, 5.41) is 10.7. The molecule has 0 spiro atoms. The molecule has 0 radical (unpaired) electrons. The van der Waals surface area contributed by atoms with Gasteiger partial charge in [-0.05, 0) is 42.3 Å². The number of aromatic nitrogens is 3. The van der Waals surface area contributed by atoms with Gasteiger partial charge in [-0.1, -0.05) is 59.8 Å². The molecule has 0 bridgehead atoms. The van der Waals surface area contributed by atoms with E-state index in [4.69, 9.17) is 14.2 Å². The van der Waals surface area contributed by atoms with Gasteiger partial charge in [0.05, 0.1) is 25.9 Å². The van der Waals surface area contributed by atoms with Gasteiger partial charge in [-0.25, -0.2) is 14.3 Å². The van der Waals surface area contributed by atoms with Crippen molar-refractivity contribution >= 4 is 23.5 Å². The van der Waals surface area contributed by atoms with Crippen LogP contribution in [0.5, 0.6) is 5.75 Å². The lowest BCUT2D eigenvalue weighted by molar-refractivity contribution is 0.0509. The van der Waals surface area contributed by atoms with Crippen LogP contribution < -0.4 is 10.1 Å². The van der Waals surface area contributed by atoms with Gasteiger partial charge in [0, 0.05) is 5.56 Å². The van der Waals surface area contributed by atoms with Crippen LogP contribution in [0.2, 0.25) is 0 Å². The highest BCUT2D eigenvalue weighted by Crippen LogP contribution is 2.22. The van der Waals surface area contributed by atoms with Crippen molar-refractivity contribution in [2.45, 2.75) is 20.1 Å². The molecule has 0 fully saturated rings. The lowest BCUT2D eigenvalue weighted by atomic mass is 10.0. The van der Waals surface area contributed by atoms with Crippen LogP contribution in [0.3, 0.4) is 0 Å². The molecule has 194 valence electrons. The molecule has 1 N–H and O–H groups in total. The number of benzene rings is 3. The van der Waals surface area contributed by atoms with Gasteiger partial charge in [-0.2, -0.15) is 0 Å². The zero-order chi connectivity index (χ0) is 26.9. The summed E-state index contributed by atoms with van der Waals surface area (Å²) in [6.45, 7) is 2.00. The number of ether oxygens (including phenoxy) is 3. The summed E-state index contributed by atoms with van der Waals surface area (Å²) in [5.74, 6) is -0.657. The Balaban J connectivity index is 1.58. The molecular weight excluding hydrogens is 488 g/mol. The van der Waals surface area contributed by atoms with Crippen LogP contribution in [0.15, 0.2) is 78.9 Å². The predicted molar refractivity (Wildman–Crippen MR) is 138 cm³/mol. The number of nitrogens with zero attached hydrogens (tertiary/aromatic N) is 3. The standard InChI is InChI=1S/C28H26N4O6/c1-3-37-27(34)25-24(30-31-32(25)17-19-13-15-21(36-2)16-14-19)26(33)22-11-7-8-12-23(22)29-28(35)38-18-20-9-5-4-6-10-20/h4-16H,3,17-18H2,1-2H3,(H,29,35). The molecule has 0 atom stereocenters. The molecule has 0 aliphatic heterocycles. The van der Waals surface area contributed by atoms with Crippen molar-refractivity contribution in [1.82, 2.24) is 15.0 Å². The molecule has 0 saturated carbocycles. The fraction of sp³-hybridized carbons (Fsp3) is 0.179. The van der Waals surface area contributed by atoms with Crippen LogP contribution in [-0.2, 0) is 22.6 Å². The van der Waals surface area contributed by atoms with Crippen molar-refractivity contribution in [3.63, 3.8) is 0 Å². The predicted octanol–water partition coefficient (Wildman–Crippen LogP) is 4.49. The van der Waals surface area contributed by atoms with Crippen LogP contribution in [0.1, 0.15) is 44.6 Å². The van der Waals surface area contributed by atoms with E-state index in [-0.39, 0.29) is 42.4 Å². The second kappa shape index (κ2) is 12.3. The summed E-state index contributed by atoms with van der Waals surface area (Å²) < 4.78 is 17.0. The van der Waals surface area contributed by atoms with Crippen LogP contribution >= 0.6 is 0 Å². The third kappa shape index (κ3) is 6.22. The number of amides is 1. The van der Waals surface area contributed by atoms with Crippen molar-refractivity contribution in [1.29, 1.82) is 0 Å². The van der Waals surface area contributed by atoms with E-state index >= 15 is 0 Å². The van der Waals surface area contributed by atoms with Gasteiger partial charge in [-0.15, -0.1) is 5.10 Å². The van der Waals surface area contributed by atoms with E-state index in [1.807, 2.05) is 42.5 Å². The molecule has 4 rings (SSSR count). The maximum Gasteiger partial charge on any atom is 0.411 e. The number of carbonyl (C=O) groups excluding carboxylic acids is 3. The van der Waals surface area contributed by atoms with E-state index in [1.54, 1.807) is 44.4 Å². The first-order valence-corrected chi connectivity index (χ1v) is 11.8. The summed E-state index contributed by atoms with van der Waals surface area (Å²) in [4.78, 5) is 38.9. The molecule has 4 aromatic rings. The number of nitrogens with one attached hydrogen (secondary N) is 1. The Morgan fingerprint density at radius 1 is 0.868 bits per heavy atom. The number of ketones is 1. The average molecular weight is 515 g/mol. The molecule has 1 amide bonds. The number of para-hydroxylation sites is 1. The van der Waals surface area contributed by atoms with Crippen molar-refractivity contribution in [3.05, 3.63) is 107 Å². The highest BCUT2D eigenvalue weighted by atomic mass is 16.5. The third-order valence-corrected chi connectivity index (χ3v) is 5.53. The lowest BCUT2D eigenvalue weighted by Gasteiger charge is -2.11. The Hall–Kier alpha value is -4.99. The second-order valence-corrected chi connectivity index (χ2v) is 8.07. The van der Waals surface area contributed by atoms with E-state index in [1.165, 1.54) is 10.7 Å². The molecule has 0 unspecified atom stereocenters. The topological polar surface area (TPSA) is 122 Å². The first-order chi connectivity index (χ1) is 18.5. The molecule has 0 saturated heterocycles. The molecule has 10 nitrogen and oxygen atoms in total. The summed E-state index contributed by atoms with van der Waals surface area (Å²) in [7, 11) is 1.57. The maximum absolute atomic E-state index is 13.6. The zero-order valence-corrected chi connectivity index (χ0v) is 20.9. The Morgan fingerprint density at radius 2 is 1.58 bits per heavy atom. The SMILES string of the molecule is CCOC(=O)c1c(C(=O)c2ccccc2NC(=O)OCc2ccccc2)nnn1Cc1ccc(OC)cc1. The van der Waals surface area contributed by atoms with E-state index in [0.29, 0.717) is 5.75 Å². The highest BCUT2D eigenvalue weighted by Gasteiger charge is 2.29. The molecule has 0 aliphatic carbocycles. The van der Waals surface area contributed by atoms with Crippen LogP contribution in [-0.4, -0.2) is 46.6 Å². The monoisotopic (exact) mass is 514 g/mol. The molecular formula is C28H26N4O6. The van der Waals surface area contributed by atoms with Gasteiger partial charge in [0.2, 0.25) is 5.78 Å². The lowest BCUT2D eigenvalue weighted by Crippen LogP contribution is -2.19. The van der Waals surface area contributed by atoms with Gasteiger partial charge in [0.1, 0.15) is 12.4 Å². The van der Waals surface area contributed by atoms with Crippen molar-refractivity contribution in [3.8, 4) is 5.75 Å². The highest BCUT2D eigenvalue weighted by molar-refractivity contribution is 6.16. The number of esters is 1. The summed E-state index contributed by atoms with van der Waals surface area (Å²) >= 11 is 0. The van der Waals surface area contributed by atoms with Gasteiger partial charge >= 0.3 is 12.1 Å². The number of carbonyl (C=O) groups is 3. The van der Waals surface area contributed by atoms with Gasteiger partial charge in [0.15, 0.2) is 11.4 Å². The van der Waals surface area contributed by atoms with E-state index in [9.17, 15) is 14.4 Å². The molecule has 38 heavy (non-hydrogen) atoms. The van der Waals surface area contributed by atoms with E-state index < -0.39 is 17.8 Å². The van der Waals surface area contributed by atoms with Crippen molar-refractivity contribution in [2.75, 3.05) is 19.0 Å². The third-order valence-electron chi connectivity index (χ3n) is 5.53. The fourth-order valence-corrected chi connectivity index (χ4v) is 3.67. The normalized spacial score (nSPS) is 10.5. The quantitative estimate of drug-likeness (QED) is 0.243. The second-order valence-electron chi connectivity index (χ2n) is 8.07. The first-order valence-electron chi connectivity index (χ1n) is 11.8. The summed E-state index contributed by atoms with van der Waals surface area (Å²) in [6, 6.07) is 22.8. The minimum atomic E-state index is -0.734. The Bertz CT molecular complexity index is 1420. The van der Waals surface area contributed by atoms with E-state index in [2.05, 4.69) is 15.6 Å². The minimum absolute atomic E-state index is 0.0650. The minimum Gasteiger partial charge on any atom is -0.497 e. The summed E-state index contributed by atoms with van der Waals surface area (Å²) in [5.41, 5.74) is 1.67. The summed E-state index contributed by atoms with van der Waals surface area (Å²) in [6.07, 6.45) is -0.733. The number of hydrogen-bond acceptors (Lipinski definition) is 8. The number of methoxy groups -OCH3 is 1. The largest absolute Gasteiger partial charge is 0.497 e.